The predicted molar refractivity (Wildman–Crippen MR) is 130 cm³/mol. The van der Waals surface area contributed by atoms with Crippen molar-refractivity contribution in [2.24, 2.45) is 5.41 Å². The molecule has 34 heavy (non-hydrogen) atoms. The van der Waals surface area contributed by atoms with Gasteiger partial charge < -0.3 is 26.0 Å². The standard InChI is InChI=1S/C26H27N5O3/c1-2-33-21-13-17(12-19-15-30-25(29)31-24(19)28)14-22(23(21)18-4-6-20(32)7-5-18)34-16-26(9-10-26)8-3-11-27/h3-8,13-15,32H,2,9-10,12,16H2,1H3,(H4,28,29,30,31)/b8-3+. The molecule has 1 saturated carbocycles. The Morgan fingerprint density at radius 1 is 1.15 bits per heavy atom. The molecule has 0 atom stereocenters. The molecule has 8 nitrogen and oxygen atoms in total. The third-order valence-corrected chi connectivity index (χ3v) is 5.81. The van der Waals surface area contributed by atoms with Gasteiger partial charge in [0.15, 0.2) is 0 Å². The van der Waals surface area contributed by atoms with Gasteiger partial charge in [0.2, 0.25) is 5.95 Å². The lowest BCUT2D eigenvalue weighted by Crippen LogP contribution is -2.12. The van der Waals surface area contributed by atoms with Gasteiger partial charge in [-0.25, -0.2) is 4.98 Å². The second-order valence-electron chi connectivity index (χ2n) is 8.38. The SMILES string of the molecule is CCOc1cc(Cc2cnc(N)nc2N)cc(OCC2(/C=C/C#N)CC2)c1-c1ccc(O)cc1. The van der Waals surface area contributed by atoms with E-state index in [1.807, 2.05) is 37.3 Å². The number of ether oxygens (including phenoxy) is 2. The normalized spacial score (nSPS) is 14.0. The molecule has 0 aliphatic heterocycles. The molecule has 1 aromatic heterocycles. The largest absolute Gasteiger partial charge is 0.508 e. The van der Waals surface area contributed by atoms with Crippen LogP contribution in [0.2, 0.25) is 0 Å². The summed E-state index contributed by atoms with van der Waals surface area (Å²) in [5.41, 5.74) is 14.9. The summed E-state index contributed by atoms with van der Waals surface area (Å²) in [6.45, 7) is 2.83. The molecule has 0 spiro atoms. The number of hydrogen-bond donors (Lipinski definition) is 3. The van der Waals surface area contributed by atoms with Crippen LogP contribution < -0.4 is 20.9 Å². The summed E-state index contributed by atoms with van der Waals surface area (Å²) in [7, 11) is 0. The molecule has 3 aromatic rings. The third-order valence-electron chi connectivity index (χ3n) is 5.81. The van der Waals surface area contributed by atoms with Gasteiger partial charge in [0.25, 0.3) is 0 Å². The summed E-state index contributed by atoms with van der Waals surface area (Å²) in [5.74, 6) is 1.95. The molecule has 0 radical (unpaired) electrons. The molecule has 0 amide bonds. The Labute approximate surface area is 198 Å². The third kappa shape index (κ3) is 5.21. The highest BCUT2D eigenvalue weighted by Gasteiger charge is 2.41. The van der Waals surface area contributed by atoms with Gasteiger partial charge in [0.1, 0.15) is 23.1 Å². The van der Waals surface area contributed by atoms with Crippen LogP contribution in [0.25, 0.3) is 11.1 Å². The number of nitrogens with two attached hydrogens (primary N) is 2. The number of nitrogens with zero attached hydrogens (tertiary/aromatic N) is 3. The number of aromatic nitrogens is 2. The minimum Gasteiger partial charge on any atom is -0.508 e. The fourth-order valence-electron chi connectivity index (χ4n) is 3.79. The molecule has 174 valence electrons. The Balaban J connectivity index is 1.76. The van der Waals surface area contributed by atoms with Crippen molar-refractivity contribution in [3.63, 3.8) is 0 Å². The topological polar surface area (TPSA) is 140 Å². The number of phenols is 1. The van der Waals surface area contributed by atoms with Crippen LogP contribution in [0.15, 0.2) is 54.7 Å². The molecule has 1 fully saturated rings. The summed E-state index contributed by atoms with van der Waals surface area (Å²) < 4.78 is 12.4. The highest BCUT2D eigenvalue weighted by molar-refractivity contribution is 5.78. The molecule has 1 aliphatic carbocycles. The van der Waals surface area contributed by atoms with E-state index in [1.165, 1.54) is 6.08 Å². The average Bonchev–Trinajstić information content (AvgIpc) is 3.59. The van der Waals surface area contributed by atoms with Crippen LogP contribution in [0.1, 0.15) is 30.9 Å². The van der Waals surface area contributed by atoms with Crippen molar-refractivity contribution in [1.29, 1.82) is 5.26 Å². The van der Waals surface area contributed by atoms with E-state index in [9.17, 15) is 5.11 Å². The fraction of sp³-hybridized carbons (Fsp3) is 0.269. The van der Waals surface area contributed by atoms with Gasteiger partial charge in [0, 0.05) is 29.7 Å². The van der Waals surface area contributed by atoms with E-state index < -0.39 is 0 Å². The Hall–Kier alpha value is -4.25. The van der Waals surface area contributed by atoms with Gasteiger partial charge in [-0.3, -0.25) is 0 Å². The van der Waals surface area contributed by atoms with Crippen molar-refractivity contribution in [3.05, 3.63) is 65.9 Å². The summed E-state index contributed by atoms with van der Waals surface area (Å²) in [6, 6.07) is 12.9. The van der Waals surface area contributed by atoms with Crippen LogP contribution in [0.5, 0.6) is 17.2 Å². The lowest BCUT2D eigenvalue weighted by atomic mass is 9.98. The van der Waals surface area contributed by atoms with Crippen LogP contribution in [0, 0.1) is 16.7 Å². The molecule has 5 N–H and O–H groups in total. The van der Waals surface area contributed by atoms with Crippen molar-refractivity contribution >= 4 is 11.8 Å². The fourth-order valence-corrected chi connectivity index (χ4v) is 3.79. The Kier molecular flexibility index (Phi) is 6.55. The maximum absolute atomic E-state index is 9.77. The number of hydrogen-bond acceptors (Lipinski definition) is 8. The first kappa shape index (κ1) is 22.9. The van der Waals surface area contributed by atoms with Crippen LogP contribution in [0.3, 0.4) is 0 Å². The number of phenolic OH excluding ortho intramolecular Hbond substituents is 1. The number of rotatable bonds is 9. The van der Waals surface area contributed by atoms with E-state index in [0.717, 1.165) is 35.1 Å². The molecular formula is C26H27N5O3. The van der Waals surface area contributed by atoms with Gasteiger partial charge in [-0.1, -0.05) is 18.2 Å². The molecule has 1 heterocycles. The Bertz CT molecular complexity index is 1240. The predicted octanol–water partition coefficient (Wildman–Crippen LogP) is 4.24. The number of aromatic hydroxyl groups is 1. The van der Waals surface area contributed by atoms with Gasteiger partial charge in [-0.05, 0) is 55.2 Å². The molecule has 4 rings (SSSR count). The lowest BCUT2D eigenvalue weighted by Gasteiger charge is -2.20. The first-order valence-electron chi connectivity index (χ1n) is 11.1. The first-order chi connectivity index (χ1) is 16.4. The molecule has 0 bridgehead atoms. The van der Waals surface area contributed by atoms with Crippen LogP contribution in [-0.4, -0.2) is 28.3 Å². The monoisotopic (exact) mass is 457 g/mol. The Morgan fingerprint density at radius 2 is 1.85 bits per heavy atom. The number of nitriles is 1. The zero-order valence-electron chi connectivity index (χ0n) is 19.0. The quantitative estimate of drug-likeness (QED) is 0.405. The lowest BCUT2D eigenvalue weighted by molar-refractivity contribution is 0.263. The number of benzene rings is 2. The number of anilines is 2. The van der Waals surface area contributed by atoms with E-state index >= 15 is 0 Å². The second-order valence-corrected chi connectivity index (χ2v) is 8.38. The zero-order valence-corrected chi connectivity index (χ0v) is 19.0. The maximum Gasteiger partial charge on any atom is 0.221 e. The van der Waals surface area contributed by atoms with Gasteiger partial charge in [-0.15, -0.1) is 0 Å². The first-order valence-corrected chi connectivity index (χ1v) is 11.1. The van der Waals surface area contributed by atoms with Crippen molar-refractivity contribution in [2.45, 2.75) is 26.2 Å². The summed E-state index contributed by atoms with van der Waals surface area (Å²) in [5, 5.41) is 18.7. The summed E-state index contributed by atoms with van der Waals surface area (Å²) >= 11 is 0. The minimum absolute atomic E-state index is 0.126. The minimum atomic E-state index is -0.126. The number of allylic oxidation sites excluding steroid dienone is 1. The zero-order chi connectivity index (χ0) is 24.1. The van der Waals surface area contributed by atoms with E-state index in [0.29, 0.717) is 37.0 Å². The second kappa shape index (κ2) is 9.71. The smallest absolute Gasteiger partial charge is 0.221 e. The van der Waals surface area contributed by atoms with Crippen LogP contribution in [0.4, 0.5) is 11.8 Å². The maximum atomic E-state index is 9.77. The van der Waals surface area contributed by atoms with E-state index in [4.69, 9.17) is 26.2 Å². The van der Waals surface area contributed by atoms with Crippen molar-refractivity contribution in [3.8, 4) is 34.4 Å². The summed E-state index contributed by atoms with van der Waals surface area (Å²) in [6.07, 6.45) is 7.47. The highest BCUT2D eigenvalue weighted by atomic mass is 16.5. The van der Waals surface area contributed by atoms with E-state index in [-0.39, 0.29) is 17.1 Å². The van der Waals surface area contributed by atoms with E-state index in [1.54, 1.807) is 18.3 Å². The van der Waals surface area contributed by atoms with Crippen molar-refractivity contribution in [2.75, 3.05) is 24.7 Å². The summed E-state index contributed by atoms with van der Waals surface area (Å²) in [4.78, 5) is 8.12. The Morgan fingerprint density at radius 3 is 2.47 bits per heavy atom. The molecule has 1 aliphatic rings. The van der Waals surface area contributed by atoms with Crippen LogP contribution in [-0.2, 0) is 6.42 Å². The van der Waals surface area contributed by atoms with Gasteiger partial charge >= 0.3 is 0 Å². The number of nitrogen functional groups attached to an aromatic ring is 2. The molecule has 8 heteroatoms. The van der Waals surface area contributed by atoms with E-state index in [2.05, 4.69) is 16.0 Å². The van der Waals surface area contributed by atoms with Crippen LogP contribution >= 0.6 is 0 Å². The van der Waals surface area contributed by atoms with Crippen molar-refractivity contribution in [1.82, 2.24) is 9.97 Å². The van der Waals surface area contributed by atoms with Gasteiger partial charge in [-0.2, -0.15) is 10.2 Å². The highest BCUT2D eigenvalue weighted by Crippen LogP contribution is 2.49. The van der Waals surface area contributed by atoms with Crippen molar-refractivity contribution < 1.29 is 14.6 Å². The average molecular weight is 458 g/mol. The molecule has 2 aromatic carbocycles. The van der Waals surface area contributed by atoms with Gasteiger partial charge in [0.05, 0.1) is 24.8 Å². The molecular weight excluding hydrogens is 430 g/mol. The molecule has 0 unspecified atom stereocenters. The molecule has 0 saturated heterocycles.